The highest BCUT2D eigenvalue weighted by molar-refractivity contribution is 9.10. The highest BCUT2D eigenvalue weighted by atomic mass is 79.9. The van der Waals surface area contributed by atoms with Crippen molar-refractivity contribution in [2.45, 2.75) is 19.9 Å². The van der Waals surface area contributed by atoms with E-state index in [1.165, 1.54) is 0 Å². The molecule has 2 unspecified atom stereocenters. The number of amides is 1. The Morgan fingerprint density at radius 3 is 2.80 bits per heavy atom. The molecule has 108 valence electrons. The van der Waals surface area contributed by atoms with Crippen molar-refractivity contribution >= 4 is 27.8 Å². The van der Waals surface area contributed by atoms with Gasteiger partial charge in [0.1, 0.15) is 5.41 Å². The van der Waals surface area contributed by atoms with Crippen LogP contribution in [0.3, 0.4) is 0 Å². The largest absolute Gasteiger partial charge is 0.481 e. The van der Waals surface area contributed by atoms with Gasteiger partial charge in [0.25, 0.3) is 5.91 Å². The maximum atomic E-state index is 12.3. The van der Waals surface area contributed by atoms with E-state index in [9.17, 15) is 14.7 Å². The Hall–Kier alpha value is -1.40. The number of aryl methyl sites for hydroxylation is 1. The molecule has 1 aromatic carbocycles. The van der Waals surface area contributed by atoms with Gasteiger partial charge in [-0.05, 0) is 47.5 Å². The van der Waals surface area contributed by atoms with E-state index in [-0.39, 0.29) is 19.1 Å². The van der Waals surface area contributed by atoms with Gasteiger partial charge in [0.05, 0.1) is 24.8 Å². The Labute approximate surface area is 125 Å². The number of hydrogen-bond donors (Lipinski definition) is 2. The average Bonchev–Trinajstić information content (AvgIpc) is 2.72. The fourth-order valence-electron chi connectivity index (χ4n) is 2.13. The first kappa shape index (κ1) is 15.0. The minimum absolute atomic E-state index is 0.0996. The number of nitrogens with one attached hydrogen (secondary N) is 1. The molecule has 2 rings (SSSR count). The molecule has 6 heteroatoms. The lowest BCUT2D eigenvalue weighted by Crippen LogP contribution is -2.49. The summed E-state index contributed by atoms with van der Waals surface area (Å²) in [5.41, 5.74) is 0.426. The van der Waals surface area contributed by atoms with Gasteiger partial charge in [-0.15, -0.1) is 0 Å². The molecule has 1 amide bonds. The standard InChI is InChI=1S/C14H16BrNO4/c1-8-3-4-9(10(15)5-8)12(17)16-11-6-20-7-14(11,2)13(18)19/h3-5,11H,6-7H2,1-2H3,(H,16,17)(H,18,19). The van der Waals surface area contributed by atoms with Crippen LogP contribution in [0.1, 0.15) is 22.8 Å². The lowest BCUT2D eigenvalue weighted by atomic mass is 9.85. The molecular formula is C14H16BrNO4. The van der Waals surface area contributed by atoms with Crippen LogP contribution in [0.15, 0.2) is 22.7 Å². The number of carboxylic acid groups (broad SMARTS) is 1. The topological polar surface area (TPSA) is 75.6 Å². The van der Waals surface area contributed by atoms with Gasteiger partial charge in [0.15, 0.2) is 0 Å². The maximum Gasteiger partial charge on any atom is 0.313 e. The Balaban J connectivity index is 2.17. The van der Waals surface area contributed by atoms with Crippen LogP contribution < -0.4 is 5.32 Å². The van der Waals surface area contributed by atoms with Gasteiger partial charge >= 0.3 is 5.97 Å². The summed E-state index contributed by atoms with van der Waals surface area (Å²) in [5.74, 6) is -1.27. The zero-order valence-electron chi connectivity index (χ0n) is 11.3. The van der Waals surface area contributed by atoms with Crippen molar-refractivity contribution < 1.29 is 19.4 Å². The summed E-state index contributed by atoms with van der Waals surface area (Å²) in [4.78, 5) is 23.6. The Kier molecular flexibility index (Phi) is 4.15. The molecule has 1 aliphatic heterocycles. The first-order valence-electron chi connectivity index (χ1n) is 6.23. The van der Waals surface area contributed by atoms with Gasteiger partial charge in [0.2, 0.25) is 0 Å². The summed E-state index contributed by atoms with van der Waals surface area (Å²) in [6, 6.07) is 4.85. The zero-order chi connectivity index (χ0) is 14.9. The molecule has 1 saturated heterocycles. The van der Waals surface area contributed by atoms with Gasteiger partial charge in [-0.25, -0.2) is 0 Å². The van der Waals surface area contributed by atoms with Crippen LogP contribution in [0, 0.1) is 12.3 Å². The summed E-state index contributed by atoms with van der Waals surface area (Å²) in [6.45, 7) is 3.82. The molecular weight excluding hydrogens is 326 g/mol. The SMILES string of the molecule is Cc1ccc(C(=O)NC2COCC2(C)C(=O)O)c(Br)c1. The number of benzene rings is 1. The molecule has 1 aromatic rings. The monoisotopic (exact) mass is 341 g/mol. The fraction of sp³-hybridized carbons (Fsp3) is 0.429. The molecule has 1 heterocycles. The first-order valence-corrected chi connectivity index (χ1v) is 7.02. The lowest BCUT2D eigenvalue weighted by Gasteiger charge is -2.25. The second kappa shape index (κ2) is 5.54. The molecule has 1 aliphatic rings. The number of carboxylic acids is 1. The minimum Gasteiger partial charge on any atom is -0.481 e. The van der Waals surface area contributed by atoms with Crippen molar-refractivity contribution in [1.82, 2.24) is 5.32 Å². The number of hydrogen-bond acceptors (Lipinski definition) is 3. The number of carbonyl (C=O) groups excluding carboxylic acids is 1. The number of aliphatic carboxylic acids is 1. The fourth-order valence-corrected chi connectivity index (χ4v) is 2.80. The highest BCUT2D eigenvalue weighted by Crippen LogP contribution is 2.29. The van der Waals surface area contributed by atoms with E-state index in [1.807, 2.05) is 19.1 Å². The smallest absolute Gasteiger partial charge is 0.313 e. The Morgan fingerprint density at radius 2 is 2.20 bits per heavy atom. The van der Waals surface area contributed by atoms with Crippen LogP contribution in [-0.2, 0) is 9.53 Å². The van der Waals surface area contributed by atoms with Crippen LogP contribution in [-0.4, -0.2) is 36.2 Å². The van der Waals surface area contributed by atoms with E-state index in [1.54, 1.807) is 13.0 Å². The molecule has 0 aliphatic carbocycles. The number of rotatable bonds is 3. The second-order valence-corrected chi connectivity index (χ2v) is 6.10. The van der Waals surface area contributed by atoms with E-state index < -0.39 is 17.4 Å². The normalized spacial score (nSPS) is 25.4. The molecule has 0 bridgehead atoms. The second-order valence-electron chi connectivity index (χ2n) is 5.25. The van der Waals surface area contributed by atoms with Crippen molar-refractivity contribution in [3.05, 3.63) is 33.8 Å². The molecule has 0 aromatic heterocycles. The van der Waals surface area contributed by atoms with Crippen molar-refractivity contribution in [3.8, 4) is 0 Å². The quantitative estimate of drug-likeness (QED) is 0.881. The summed E-state index contributed by atoms with van der Waals surface area (Å²) in [7, 11) is 0. The molecule has 1 fully saturated rings. The van der Waals surface area contributed by atoms with Crippen molar-refractivity contribution in [2.75, 3.05) is 13.2 Å². The molecule has 0 saturated carbocycles. The van der Waals surface area contributed by atoms with Gasteiger partial charge in [-0.1, -0.05) is 6.07 Å². The molecule has 2 N–H and O–H groups in total. The number of ether oxygens (including phenoxy) is 1. The average molecular weight is 342 g/mol. The summed E-state index contributed by atoms with van der Waals surface area (Å²) in [5, 5.41) is 12.0. The summed E-state index contributed by atoms with van der Waals surface area (Å²) in [6.07, 6.45) is 0. The van der Waals surface area contributed by atoms with Crippen molar-refractivity contribution in [1.29, 1.82) is 0 Å². The zero-order valence-corrected chi connectivity index (χ0v) is 12.9. The first-order chi connectivity index (χ1) is 9.34. The van der Waals surface area contributed by atoms with Crippen molar-refractivity contribution in [3.63, 3.8) is 0 Å². The maximum absolute atomic E-state index is 12.3. The third-order valence-corrected chi connectivity index (χ3v) is 4.27. The third kappa shape index (κ3) is 2.71. The van der Waals surface area contributed by atoms with E-state index in [2.05, 4.69) is 21.2 Å². The van der Waals surface area contributed by atoms with Crippen LogP contribution in [0.2, 0.25) is 0 Å². The minimum atomic E-state index is -1.09. The molecule has 5 nitrogen and oxygen atoms in total. The summed E-state index contributed by atoms with van der Waals surface area (Å²) < 4.78 is 5.90. The number of halogens is 1. The van der Waals surface area contributed by atoms with E-state index >= 15 is 0 Å². The van der Waals surface area contributed by atoms with E-state index in [4.69, 9.17) is 4.74 Å². The van der Waals surface area contributed by atoms with E-state index in [0.29, 0.717) is 10.0 Å². The lowest BCUT2D eigenvalue weighted by molar-refractivity contribution is -0.148. The van der Waals surface area contributed by atoms with Crippen LogP contribution >= 0.6 is 15.9 Å². The van der Waals surface area contributed by atoms with E-state index in [0.717, 1.165) is 5.56 Å². The molecule has 0 radical (unpaired) electrons. The predicted molar refractivity (Wildman–Crippen MR) is 76.7 cm³/mol. The van der Waals surface area contributed by atoms with Crippen LogP contribution in [0.25, 0.3) is 0 Å². The molecule has 2 atom stereocenters. The van der Waals surface area contributed by atoms with Crippen LogP contribution in [0.4, 0.5) is 0 Å². The van der Waals surface area contributed by atoms with Gasteiger partial charge < -0.3 is 15.2 Å². The Bertz CT molecular complexity index is 560. The van der Waals surface area contributed by atoms with Gasteiger partial charge in [0, 0.05) is 4.47 Å². The highest BCUT2D eigenvalue weighted by Gasteiger charge is 2.47. The molecule has 0 spiro atoms. The van der Waals surface area contributed by atoms with Gasteiger partial charge in [-0.2, -0.15) is 0 Å². The number of carbonyl (C=O) groups is 2. The Morgan fingerprint density at radius 1 is 1.50 bits per heavy atom. The predicted octanol–water partition coefficient (Wildman–Crippen LogP) is 1.98. The third-order valence-electron chi connectivity index (χ3n) is 3.62. The van der Waals surface area contributed by atoms with Crippen LogP contribution in [0.5, 0.6) is 0 Å². The van der Waals surface area contributed by atoms with Crippen molar-refractivity contribution in [2.24, 2.45) is 5.41 Å². The van der Waals surface area contributed by atoms with Gasteiger partial charge in [-0.3, -0.25) is 9.59 Å². The molecule has 20 heavy (non-hydrogen) atoms. The summed E-state index contributed by atoms with van der Waals surface area (Å²) >= 11 is 3.35.